The highest BCUT2D eigenvalue weighted by molar-refractivity contribution is 6.18. The van der Waals surface area contributed by atoms with Crippen molar-refractivity contribution in [1.29, 1.82) is 0 Å². The number of carbonyl (C=O) groups excluding carboxylic acids is 2. The Bertz CT molecular complexity index is 1130. The van der Waals surface area contributed by atoms with Crippen molar-refractivity contribution >= 4 is 29.5 Å². The van der Waals surface area contributed by atoms with Crippen LogP contribution in [0.1, 0.15) is 32.1 Å². The zero-order valence-corrected chi connectivity index (χ0v) is 18.3. The molecule has 0 radical (unpaired) electrons. The van der Waals surface area contributed by atoms with Crippen LogP contribution in [0.25, 0.3) is 0 Å². The summed E-state index contributed by atoms with van der Waals surface area (Å²) in [6.45, 7) is 6.04. The van der Waals surface area contributed by atoms with E-state index in [0.717, 1.165) is 5.56 Å². The van der Waals surface area contributed by atoms with Gasteiger partial charge in [0.15, 0.2) is 5.82 Å². The van der Waals surface area contributed by atoms with Gasteiger partial charge in [0.05, 0.1) is 18.0 Å². The maximum atomic E-state index is 12.6. The number of anilines is 2. The number of fused-ring (bicyclic) bond motifs is 1. The van der Waals surface area contributed by atoms with Crippen LogP contribution in [-0.2, 0) is 21.4 Å². The van der Waals surface area contributed by atoms with E-state index in [1.807, 2.05) is 63.3 Å². The van der Waals surface area contributed by atoms with Gasteiger partial charge in [0, 0.05) is 29.3 Å². The van der Waals surface area contributed by atoms with Crippen LogP contribution >= 0.6 is 0 Å². The quantitative estimate of drug-likeness (QED) is 0.742. The van der Waals surface area contributed by atoms with Crippen LogP contribution in [0.15, 0.2) is 75.8 Å². The Balaban J connectivity index is 1.32. The van der Waals surface area contributed by atoms with Gasteiger partial charge in [-0.25, -0.2) is 0 Å². The fourth-order valence-electron chi connectivity index (χ4n) is 3.44. The first-order valence-corrected chi connectivity index (χ1v) is 10.6. The summed E-state index contributed by atoms with van der Waals surface area (Å²) in [6, 6.07) is 8.99. The van der Waals surface area contributed by atoms with Gasteiger partial charge < -0.3 is 15.2 Å². The highest BCUT2D eigenvalue weighted by atomic mass is 16.5. The average Bonchev–Trinajstić information content (AvgIpc) is 3.23. The number of hydrogen-bond donors (Lipinski definition) is 2. The molecule has 0 bridgehead atoms. The molecule has 32 heavy (non-hydrogen) atoms. The Morgan fingerprint density at radius 3 is 2.53 bits per heavy atom. The summed E-state index contributed by atoms with van der Waals surface area (Å²) in [7, 11) is 0. The molecule has 2 unspecified atom stereocenters. The summed E-state index contributed by atoms with van der Waals surface area (Å²) in [6.07, 6.45) is 11.7. The molecule has 0 fully saturated rings. The number of hydrogen-bond acceptors (Lipinski definition) is 5. The first-order valence-electron chi connectivity index (χ1n) is 10.6. The minimum atomic E-state index is -0.207. The van der Waals surface area contributed by atoms with Gasteiger partial charge in [0.1, 0.15) is 5.76 Å². The first-order chi connectivity index (χ1) is 15.3. The molecular weight excluding hydrogens is 404 g/mol. The molecule has 1 aliphatic carbocycles. The molecule has 2 heterocycles. The van der Waals surface area contributed by atoms with Crippen molar-refractivity contribution in [2.24, 2.45) is 10.9 Å². The second-order valence-corrected chi connectivity index (χ2v) is 8.94. The third-order valence-corrected chi connectivity index (χ3v) is 5.26. The molecule has 4 rings (SSSR count). The molecule has 164 valence electrons. The third-order valence-electron chi connectivity index (χ3n) is 5.26. The molecule has 7 nitrogen and oxygen atoms in total. The maximum Gasteiger partial charge on any atom is 0.256 e. The van der Waals surface area contributed by atoms with E-state index in [-0.39, 0.29) is 35.6 Å². The smallest absolute Gasteiger partial charge is 0.256 e. The summed E-state index contributed by atoms with van der Waals surface area (Å²) in [5, 5.41) is 9.53. The number of allylic oxidation sites excluding steroid dienone is 2. The largest absolute Gasteiger partial charge is 0.359 e. The van der Waals surface area contributed by atoms with Crippen LogP contribution in [-0.4, -0.2) is 29.2 Å². The van der Waals surface area contributed by atoms with Crippen LogP contribution in [0.5, 0.6) is 0 Å². The standard InChI is InChI=1S/C25H26N4O3/c1-25(2,3)21-14-22(29-32-21)28-23(30)12-16-8-10-19(11-9-16)27-24(31)18-13-17-6-4-5-7-20(17)26-15-18/h4-11,13-15,17,20H,12H2,1-3H3,(H,27,31)(H,28,29,30). The lowest BCUT2D eigenvalue weighted by Crippen LogP contribution is -2.24. The van der Waals surface area contributed by atoms with Gasteiger partial charge in [0.25, 0.3) is 5.91 Å². The van der Waals surface area contributed by atoms with Gasteiger partial charge in [0.2, 0.25) is 5.91 Å². The maximum absolute atomic E-state index is 12.6. The molecule has 0 spiro atoms. The van der Waals surface area contributed by atoms with E-state index in [1.165, 1.54) is 0 Å². The number of dihydropyridines is 1. The van der Waals surface area contributed by atoms with E-state index in [2.05, 4.69) is 20.8 Å². The number of nitrogens with one attached hydrogen (secondary N) is 2. The lowest BCUT2D eigenvalue weighted by atomic mass is 9.91. The van der Waals surface area contributed by atoms with Crippen molar-refractivity contribution in [2.75, 3.05) is 10.6 Å². The molecule has 2 aliphatic rings. The Morgan fingerprint density at radius 1 is 1.06 bits per heavy atom. The van der Waals surface area contributed by atoms with E-state index >= 15 is 0 Å². The van der Waals surface area contributed by atoms with E-state index in [9.17, 15) is 9.59 Å². The number of aliphatic imine (C=N–C) groups is 1. The second kappa shape index (κ2) is 8.78. The molecule has 0 saturated heterocycles. The predicted molar refractivity (Wildman–Crippen MR) is 125 cm³/mol. The SMILES string of the molecule is CC(C)(C)c1cc(NC(=O)Cc2ccc(NC(=O)C3=CC4C=CC=CC4N=C3)cc2)no1. The van der Waals surface area contributed by atoms with Crippen molar-refractivity contribution in [3.63, 3.8) is 0 Å². The molecule has 2 amide bonds. The minimum Gasteiger partial charge on any atom is -0.359 e. The molecule has 1 aromatic heterocycles. The zero-order valence-electron chi connectivity index (χ0n) is 18.3. The van der Waals surface area contributed by atoms with E-state index in [4.69, 9.17) is 4.52 Å². The summed E-state index contributed by atoms with van der Waals surface area (Å²) in [4.78, 5) is 29.4. The molecular formula is C25H26N4O3. The zero-order chi connectivity index (χ0) is 22.7. The van der Waals surface area contributed by atoms with Crippen LogP contribution in [0.3, 0.4) is 0 Å². The van der Waals surface area contributed by atoms with E-state index in [1.54, 1.807) is 24.4 Å². The average molecular weight is 431 g/mol. The predicted octanol–water partition coefficient (Wildman–Crippen LogP) is 4.21. The number of benzene rings is 1. The second-order valence-electron chi connectivity index (χ2n) is 8.94. The number of nitrogens with zero attached hydrogens (tertiary/aromatic N) is 2. The Kier molecular flexibility index (Phi) is 5.90. The number of rotatable bonds is 5. The monoisotopic (exact) mass is 430 g/mol. The van der Waals surface area contributed by atoms with Crippen molar-refractivity contribution in [1.82, 2.24) is 5.16 Å². The van der Waals surface area contributed by atoms with Gasteiger partial charge in [-0.15, -0.1) is 0 Å². The van der Waals surface area contributed by atoms with Crippen molar-refractivity contribution in [3.05, 3.63) is 77.6 Å². The third kappa shape index (κ3) is 5.11. The van der Waals surface area contributed by atoms with Crippen molar-refractivity contribution in [3.8, 4) is 0 Å². The molecule has 1 aromatic carbocycles. The van der Waals surface area contributed by atoms with Crippen LogP contribution < -0.4 is 10.6 Å². The van der Waals surface area contributed by atoms with Gasteiger partial charge in [-0.1, -0.05) is 68.4 Å². The Hall–Kier alpha value is -3.74. The fourth-order valence-corrected chi connectivity index (χ4v) is 3.44. The summed E-state index contributed by atoms with van der Waals surface area (Å²) < 4.78 is 5.29. The van der Waals surface area contributed by atoms with Crippen LogP contribution in [0, 0.1) is 5.92 Å². The summed E-state index contributed by atoms with van der Waals surface area (Å²) >= 11 is 0. The topological polar surface area (TPSA) is 96.6 Å². The van der Waals surface area contributed by atoms with Gasteiger partial charge in [-0.2, -0.15) is 0 Å². The van der Waals surface area contributed by atoms with Gasteiger partial charge in [-0.3, -0.25) is 14.6 Å². The number of amides is 2. The fraction of sp³-hybridized carbons (Fsp3) is 0.280. The molecule has 2 atom stereocenters. The van der Waals surface area contributed by atoms with Gasteiger partial charge in [-0.05, 0) is 17.7 Å². The molecule has 0 saturated carbocycles. The highest BCUT2D eigenvalue weighted by Gasteiger charge is 2.22. The number of aromatic nitrogens is 1. The summed E-state index contributed by atoms with van der Waals surface area (Å²) in [5.74, 6) is 0.815. The summed E-state index contributed by atoms with van der Waals surface area (Å²) in [5.41, 5.74) is 1.83. The normalized spacial score (nSPS) is 19.3. The molecule has 7 heteroatoms. The minimum absolute atomic E-state index is 0.0688. The van der Waals surface area contributed by atoms with Crippen molar-refractivity contribution < 1.29 is 14.1 Å². The lowest BCUT2D eigenvalue weighted by Gasteiger charge is -2.22. The lowest BCUT2D eigenvalue weighted by molar-refractivity contribution is -0.115. The van der Waals surface area contributed by atoms with E-state index in [0.29, 0.717) is 22.8 Å². The van der Waals surface area contributed by atoms with E-state index < -0.39 is 0 Å². The van der Waals surface area contributed by atoms with Crippen LogP contribution in [0.2, 0.25) is 0 Å². The molecule has 2 aromatic rings. The van der Waals surface area contributed by atoms with Crippen molar-refractivity contribution in [2.45, 2.75) is 38.6 Å². The number of carbonyl (C=O) groups is 2. The first kappa shape index (κ1) is 21.5. The highest BCUT2D eigenvalue weighted by Crippen LogP contribution is 2.25. The Morgan fingerprint density at radius 2 is 1.81 bits per heavy atom. The van der Waals surface area contributed by atoms with Crippen LogP contribution in [0.4, 0.5) is 11.5 Å². The Labute approximate surface area is 187 Å². The molecule has 1 aliphatic heterocycles. The molecule has 2 N–H and O–H groups in total. The van der Waals surface area contributed by atoms with Gasteiger partial charge >= 0.3 is 0 Å².